The number of rotatable bonds is 5. The number of hydrogen-bond acceptors (Lipinski definition) is 2. The highest BCUT2D eigenvalue weighted by atomic mass is 35.5. The quantitative estimate of drug-likeness (QED) is 0.898. The van der Waals surface area contributed by atoms with Crippen LogP contribution in [0.15, 0.2) is 24.5 Å². The Bertz CT molecular complexity index is 519. The lowest BCUT2D eigenvalue weighted by molar-refractivity contribution is 0.392. The Morgan fingerprint density at radius 1 is 1.28 bits per heavy atom. The van der Waals surface area contributed by atoms with Gasteiger partial charge < -0.3 is 9.72 Å². The predicted molar refractivity (Wildman–Crippen MR) is 75.9 cm³/mol. The molecule has 0 aliphatic carbocycles. The first-order valence-electron chi connectivity index (χ1n) is 6.40. The summed E-state index contributed by atoms with van der Waals surface area (Å²) in [4.78, 5) is 4.54. The lowest BCUT2D eigenvalue weighted by Crippen LogP contribution is -2.23. The summed E-state index contributed by atoms with van der Waals surface area (Å²) in [6, 6.07) is 3.80. The Kier molecular flexibility index (Phi) is 4.25. The van der Waals surface area contributed by atoms with Gasteiger partial charge in [-0.1, -0.05) is 32.4 Å². The van der Waals surface area contributed by atoms with E-state index in [9.17, 15) is 0 Å². The van der Waals surface area contributed by atoms with Crippen molar-refractivity contribution in [3.63, 3.8) is 0 Å². The van der Waals surface area contributed by atoms with Gasteiger partial charge in [0.15, 0.2) is 0 Å². The molecule has 4 heteroatoms. The largest absolute Gasteiger partial charge is 0.311 e. The molecule has 0 aromatic carbocycles. The summed E-state index contributed by atoms with van der Waals surface area (Å²) < 4.78 is 1.96. The molecule has 0 aliphatic heterocycles. The minimum atomic E-state index is 0.677. The molecule has 1 atom stereocenters. The molecule has 2 heterocycles. The molecule has 2 aromatic rings. The number of nitrogens with one attached hydrogen (secondary N) is 1. The van der Waals surface area contributed by atoms with Gasteiger partial charge in [0.05, 0.1) is 10.7 Å². The smallest absolute Gasteiger partial charge is 0.137 e. The lowest BCUT2D eigenvalue weighted by atomic mass is 9.98. The summed E-state index contributed by atoms with van der Waals surface area (Å²) in [7, 11) is 0. The van der Waals surface area contributed by atoms with E-state index in [2.05, 4.69) is 31.1 Å². The molecular weight excluding hydrogens is 246 g/mol. The Morgan fingerprint density at radius 3 is 2.78 bits per heavy atom. The number of halogens is 1. The number of pyridine rings is 1. The summed E-state index contributed by atoms with van der Waals surface area (Å²) in [5, 5.41) is 4.18. The van der Waals surface area contributed by atoms with Crippen molar-refractivity contribution in [2.45, 2.75) is 27.3 Å². The topological polar surface area (TPSA) is 29.3 Å². The van der Waals surface area contributed by atoms with E-state index in [0.29, 0.717) is 11.8 Å². The molecule has 2 aromatic heterocycles. The third-order valence-corrected chi connectivity index (χ3v) is 3.60. The van der Waals surface area contributed by atoms with E-state index in [0.717, 1.165) is 29.5 Å². The first kappa shape index (κ1) is 13.4. The molecule has 0 aliphatic rings. The Balaban J connectivity index is 1.96. The average Bonchev–Trinajstić information content (AvgIpc) is 2.70. The number of imidazole rings is 1. The van der Waals surface area contributed by atoms with Gasteiger partial charge >= 0.3 is 0 Å². The molecule has 2 rings (SSSR count). The maximum atomic E-state index is 5.94. The molecule has 1 unspecified atom stereocenters. The van der Waals surface area contributed by atoms with Gasteiger partial charge in [0.1, 0.15) is 5.65 Å². The Hall–Kier alpha value is -1.06. The third-order valence-electron chi connectivity index (χ3n) is 3.38. The second-order valence-corrected chi connectivity index (χ2v) is 5.63. The van der Waals surface area contributed by atoms with Gasteiger partial charge in [-0.3, -0.25) is 0 Å². The van der Waals surface area contributed by atoms with Crippen LogP contribution in [0.2, 0.25) is 5.02 Å². The lowest BCUT2D eigenvalue weighted by Gasteiger charge is -2.15. The molecule has 0 spiro atoms. The monoisotopic (exact) mass is 265 g/mol. The van der Waals surface area contributed by atoms with Crippen LogP contribution < -0.4 is 5.32 Å². The fraction of sp³-hybridized carbons (Fsp3) is 0.500. The molecule has 0 bridgehead atoms. The fourth-order valence-corrected chi connectivity index (χ4v) is 1.93. The molecule has 1 N–H and O–H groups in total. The molecule has 18 heavy (non-hydrogen) atoms. The van der Waals surface area contributed by atoms with E-state index in [1.807, 2.05) is 28.9 Å². The van der Waals surface area contributed by atoms with Gasteiger partial charge in [0, 0.05) is 18.9 Å². The second-order valence-electron chi connectivity index (χ2n) is 5.20. The van der Waals surface area contributed by atoms with Crippen LogP contribution in [0.5, 0.6) is 0 Å². The number of hydrogen-bond donors (Lipinski definition) is 1. The zero-order chi connectivity index (χ0) is 13.1. The standard InChI is InChI=1S/C14H20ClN3/c1-10(2)11(3)6-16-7-13-9-18-8-12(15)4-5-14(18)17-13/h4-5,8-11,16H,6-7H2,1-3H3. The zero-order valence-electron chi connectivity index (χ0n) is 11.2. The van der Waals surface area contributed by atoms with Gasteiger partial charge in [0.25, 0.3) is 0 Å². The van der Waals surface area contributed by atoms with Gasteiger partial charge in [0.2, 0.25) is 0 Å². The molecule has 3 nitrogen and oxygen atoms in total. The Labute approximate surface area is 113 Å². The second kappa shape index (κ2) is 5.72. The van der Waals surface area contributed by atoms with Crippen LogP contribution in [0.4, 0.5) is 0 Å². The third kappa shape index (κ3) is 3.24. The van der Waals surface area contributed by atoms with Crippen molar-refractivity contribution in [1.29, 1.82) is 0 Å². The van der Waals surface area contributed by atoms with E-state index in [1.165, 1.54) is 0 Å². The van der Waals surface area contributed by atoms with Crippen LogP contribution in [0.25, 0.3) is 5.65 Å². The van der Waals surface area contributed by atoms with Crippen molar-refractivity contribution in [2.24, 2.45) is 11.8 Å². The minimum absolute atomic E-state index is 0.677. The average molecular weight is 266 g/mol. The van der Waals surface area contributed by atoms with E-state index in [4.69, 9.17) is 11.6 Å². The van der Waals surface area contributed by atoms with Crippen molar-refractivity contribution in [3.8, 4) is 0 Å². The molecule has 0 saturated heterocycles. The van der Waals surface area contributed by atoms with Crippen LogP contribution in [0.3, 0.4) is 0 Å². The SMILES string of the molecule is CC(C)C(C)CNCc1cn2cc(Cl)ccc2n1. The van der Waals surface area contributed by atoms with E-state index in [1.54, 1.807) is 0 Å². The first-order valence-corrected chi connectivity index (χ1v) is 6.78. The molecule has 0 saturated carbocycles. The summed E-state index contributed by atoms with van der Waals surface area (Å²) >= 11 is 5.94. The minimum Gasteiger partial charge on any atom is -0.311 e. The van der Waals surface area contributed by atoms with Crippen molar-refractivity contribution in [2.75, 3.05) is 6.54 Å². The van der Waals surface area contributed by atoms with Gasteiger partial charge in [-0.25, -0.2) is 4.98 Å². The number of aromatic nitrogens is 2. The van der Waals surface area contributed by atoms with Crippen molar-refractivity contribution >= 4 is 17.2 Å². The summed E-state index contributed by atoms with van der Waals surface area (Å²) in [6.07, 6.45) is 3.90. The molecule has 0 radical (unpaired) electrons. The van der Waals surface area contributed by atoms with Gasteiger partial charge in [-0.05, 0) is 30.5 Å². The predicted octanol–water partition coefficient (Wildman–Crippen LogP) is 3.37. The van der Waals surface area contributed by atoms with E-state index < -0.39 is 0 Å². The maximum Gasteiger partial charge on any atom is 0.137 e. The van der Waals surface area contributed by atoms with E-state index >= 15 is 0 Å². The molecule has 0 fully saturated rings. The van der Waals surface area contributed by atoms with Crippen LogP contribution >= 0.6 is 11.6 Å². The van der Waals surface area contributed by atoms with Gasteiger partial charge in [-0.15, -0.1) is 0 Å². The van der Waals surface area contributed by atoms with Crippen LogP contribution in [-0.2, 0) is 6.54 Å². The summed E-state index contributed by atoms with van der Waals surface area (Å²) in [6.45, 7) is 8.59. The molecule has 98 valence electrons. The van der Waals surface area contributed by atoms with Crippen LogP contribution in [0, 0.1) is 11.8 Å². The summed E-state index contributed by atoms with van der Waals surface area (Å²) in [5.74, 6) is 1.38. The highest BCUT2D eigenvalue weighted by Gasteiger charge is 2.07. The maximum absolute atomic E-state index is 5.94. The highest BCUT2D eigenvalue weighted by Crippen LogP contribution is 2.12. The zero-order valence-corrected chi connectivity index (χ0v) is 11.9. The van der Waals surface area contributed by atoms with Crippen molar-refractivity contribution in [1.82, 2.24) is 14.7 Å². The van der Waals surface area contributed by atoms with Crippen LogP contribution in [0.1, 0.15) is 26.5 Å². The number of nitrogens with zero attached hydrogens (tertiary/aromatic N) is 2. The normalized spacial score (nSPS) is 13.4. The first-order chi connectivity index (χ1) is 8.56. The van der Waals surface area contributed by atoms with Crippen molar-refractivity contribution < 1.29 is 0 Å². The Morgan fingerprint density at radius 2 is 2.06 bits per heavy atom. The highest BCUT2D eigenvalue weighted by molar-refractivity contribution is 6.30. The van der Waals surface area contributed by atoms with Crippen molar-refractivity contribution in [3.05, 3.63) is 35.2 Å². The fourth-order valence-electron chi connectivity index (χ4n) is 1.77. The molecular formula is C14H20ClN3. The summed E-state index contributed by atoms with van der Waals surface area (Å²) in [5.41, 5.74) is 1.99. The van der Waals surface area contributed by atoms with Crippen LogP contribution in [-0.4, -0.2) is 15.9 Å². The van der Waals surface area contributed by atoms with E-state index in [-0.39, 0.29) is 0 Å². The number of fused-ring (bicyclic) bond motifs is 1. The molecule has 0 amide bonds. The van der Waals surface area contributed by atoms with Gasteiger partial charge in [-0.2, -0.15) is 0 Å².